The van der Waals surface area contributed by atoms with Crippen molar-refractivity contribution in [1.29, 1.82) is 0 Å². The van der Waals surface area contributed by atoms with E-state index in [2.05, 4.69) is 26.5 Å². The number of benzene rings is 3. The predicted molar refractivity (Wildman–Crippen MR) is 133 cm³/mol. The van der Waals surface area contributed by atoms with Crippen LogP contribution >= 0.6 is 15.9 Å². The molecule has 0 radical (unpaired) electrons. The number of halogens is 1. The van der Waals surface area contributed by atoms with Crippen LogP contribution in [-0.2, 0) is 4.79 Å². The topological polar surface area (TPSA) is 139 Å². The van der Waals surface area contributed by atoms with E-state index in [1.165, 1.54) is 50.8 Å². The summed E-state index contributed by atoms with van der Waals surface area (Å²) in [5, 5.41) is 14.6. The van der Waals surface area contributed by atoms with E-state index in [4.69, 9.17) is 18.9 Å². The van der Waals surface area contributed by atoms with E-state index in [9.17, 15) is 19.7 Å². The van der Waals surface area contributed by atoms with Crippen LogP contribution in [0.15, 0.2) is 70.2 Å². The van der Waals surface area contributed by atoms with Gasteiger partial charge in [0.25, 0.3) is 11.6 Å². The van der Waals surface area contributed by atoms with Gasteiger partial charge >= 0.3 is 5.97 Å². The number of nitro groups is 1. The van der Waals surface area contributed by atoms with Gasteiger partial charge in [0, 0.05) is 22.2 Å². The van der Waals surface area contributed by atoms with Crippen LogP contribution in [0.5, 0.6) is 23.0 Å². The molecule has 3 aromatic rings. The molecule has 186 valence electrons. The molecule has 0 aliphatic rings. The third kappa shape index (κ3) is 7.03. The molecule has 12 heteroatoms. The maximum Gasteiger partial charge on any atom is 0.343 e. The second kappa shape index (κ2) is 12.3. The Bertz CT molecular complexity index is 1300. The Kier molecular flexibility index (Phi) is 8.95. The number of esters is 1. The Morgan fingerprint density at radius 1 is 1.00 bits per heavy atom. The molecule has 36 heavy (non-hydrogen) atoms. The summed E-state index contributed by atoms with van der Waals surface area (Å²) in [6.07, 6.45) is 1.31. The van der Waals surface area contributed by atoms with Gasteiger partial charge in [-0.2, -0.15) is 5.10 Å². The van der Waals surface area contributed by atoms with Crippen LogP contribution in [0.3, 0.4) is 0 Å². The zero-order valence-corrected chi connectivity index (χ0v) is 20.7. The van der Waals surface area contributed by atoms with Crippen LogP contribution in [0.25, 0.3) is 0 Å². The summed E-state index contributed by atoms with van der Waals surface area (Å²) in [5.41, 5.74) is 2.87. The van der Waals surface area contributed by atoms with Gasteiger partial charge < -0.3 is 18.9 Å². The molecule has 0 atom stereocenters. The number of nitrogens with zero attached hydrogens (tertiary/aromatic N) is 2. The predicted octanol–water partition coefficient (Wildman–Crippen LogP) is 4.12. The molecule has 0 fully saturated rings. The molecule has 3 rings (SSSR count). The number of carbonyl (C=O) groups is 2. The van der Waals surface area contributed by atoms with Gasteiger partial charge in [-0.1, -0.05) is 15.9 Å². The molecule has 0 spiro atoms. The third-order valence-corrected chi connectivity index (χ3v) is 5.10. The first kappa shape index (κ1) is 26.2. The van der Waals surface area contributed by atoms with E-state index in [0.717, 1.165) is 0 Å². The molecule has 0 aliphatic heterocycles. The highest BCUT2D eigenvalue weighted by Crippen LogP contribution is 2.29. The van der Waals surface area contributed by atoms with Crippen LogP contribution in [0.2, 0.25) is 0 Å². The Morgan fingerprint density at radius 2 is 1.69 bits per heavy atom. The minimum atomic E-state index is -0.631. The number of methoxy groups -OCH3 is 2. The standard InChI is InChI=1S/C24H20BrN3O8/c1-33-21-9-3-15(12-22(21)34-2)24(30)36-20-10-4-17(25)11-16(20)13-26-27-23(29)14-35-19-7-5-18(6-8-19)28(31)32/h3-13H,14H2,1-2H3,(H,27,29)/b26-13+. The Labute approximate surface area is 213 Å². The number of rotatable bonds is 10. The Morgan fingerprint density at radius 3 is 2.36 bits per heavy atom. The molecule has 0 aromatic heterocycles. The number of ether oxygens (including phenoxy) is 4. The van der Waals surface area contributed by atoms with Gasteiger partial charge in [-0.25, -0.2) is 10.2 Å². The van der Waals surface area contributed by atoms with Crippen molar-refractivity contribution in [3.05, 3.63) is 86.4 Å². The van der Waals surface area contributed by atoms with Crippen LogP contribution in [0, 0.1) is 10.1 Å². The first-order chi connectivity index (χ1) is 17.3. The number of nitrogens with one attached hydrogen (secondary N) is 1. The summed E-state index contributed by atoms with van der Waals surface area (Å²) in [7, 11) is 2.95. The maximum atomic E-state index is 12.7. The van der Waals surface area contributed by atoms with E-state index in [0.29, 0.717) is 21.5 Å². The molecule has 0 saturated heterocycles. The van der Waals surface area contributed by atoms with Gasteiger partial charge in [-0.3, -0.25) is 14.9 Å². The van der Waals surface area contributed by atoms with Crippen LogP contribution in [0.4, 0.5) is 5.69 Å². The molecule has 0 bridgehead atoms. The molecule has 0 heterocycles. The summed E-state index contributed by atoms with van der Waals surface area (Å²) in [5.74, 6) is 0.146. The van der Waals surface area contributed by atoms with Gasteiger partial charge in [-0.15, -0.1) is 0 Å². The van der Waals surface area contributed by atoms with Crippen molar-refractivity contribution in [3.63, 3.8) is 0 Å². The monoisotopic (exact) mass is 557 g/mol. The van der Waals surface area contributed by atoms with Crippen LogP contribution in [-0.4, -0.2) is 43.8 Å². The molecule has 0 aliphatic carbocycles. The number of hydrazone groups is 1. The Balaban J connectivity index is 1.62. The third-order valence-electron chi connectivity index (χ3n) is 4.60. The number of nitro benzene ring substituents is 1. The number of hydrogen-bond donors (Lipinski definition) is 1. The summed E-state index contributed by atoms with van der Waals surface area (Å²) in [4.78, 5) is 34.9. The molecule has 0 unspecified atom stereocenters. The van der Waals surface area contributed by atoms with Crippen molar-refractivity contribution < 1.29 is 33.5 Å². The lowest BCUT2D eigenvalue weighted by Gasteiger charge is -2.11. The first-order valence-corrected chi connectivity index (χ1v) is 11.0. The summed E-state index contributed by atoms with van der Waals surface area (Å²) in [6, 6.07) is 14.8. The fraction of sp³-hybridized carbons (Fsp3) is 0.125. The highest BCUT2D eigenvalue weighted by atomic mass is 79.9. The molecule has 1 N–H and O–H groups in total. The highest BCUT2D eigenvalue weighted by Gasteiger charge is 2.15. The largest absolute Gasteiger partial charge is 0.493 e. The van der Waals surface area contributed by atoms with Crippen LogP contribution in [0.1, 0.15) is 15.9 Å². The van der Waals surface area contributed by atoms with Gasteiger partial charge in [0.15, 0.2) is 18.1 Å². The van der Waals surface area contributed by atoms with Crippen molar-refractivity contribution in [1.82, 2.24) is 5.43 Å². The van der Waals surface area contributed by atoms with E-state index < -0.39 is 16.8 Å². The highest BCUT2D eigenvalue weighted by molar-refractivity contribution is 9.10. The van der Waals surface area contributed by atoms with Crippen molar-refractivity contribution in [2.75, 3.05) is 20.8 Å². The second-order valence-corrected chi connectivity index (χ2v) is 7.89. The van der Waals surface area contributed by atoms with Gasteiger partial charge in [0.05, 0.1) is 30.9 Å². The summed E-state index contributed by atoms with van der Waals surface area (Å²) < 4.78 is 21.9. The van der Waals surface area contributed by atoms with Crippen molar-refractivity contribution >= 4 is 39.7 Å². The maximum absolute atomic E-state index is 12.7. The first-order valence-electron chi connectivity index (χ1n) is 10.2. The Hall–Kier alpha value is -4.45. The average molecular weight is 558 g/mol. The minimum Gasteiger partial charge on any atom is -0.493 e. The second-order valence-electron chi connectivity index (χ2n) is 6.97. The molecular weight excluding hydrogens is 538 g/mol. The summed E-state index contributed by atoms with van der Waals surface area (Å²) >= 11 is 3.35. The lowest BCUT2D eigenvalue weighted by molar-refractivity contribution is -0.384. The lowest BCUT2D eigenvalue weighted by atomic mass is 10.2. The minimum absolute atomic E-state index is 0.0898. The quantitative estimate of drug-likeness (QED) is 0.129. The van der Waals surface area contributed by atoms with Gasteiger partial charge in [-0.05, 0) is 48.5 Å². The average Bonchev–Trinajstić information content (AvgIpc) is 2.88. The number of non-ortho nitro benzene ring substituents is 1. The fourth-order valence-electron chi connectivity index (χ4n) is 2.85. The van der Waals surface area contributed by atoms with E-state index in [1.54, 1.807) is 30.3 Å². The fourth-order valence-corrected chi connectivity index (χ4v) is 3.23. The van der Waals surface area contributed by atoms with Crippen molar-refractivity contribution in [3.8, 4) is 23.0 Å². The number of amides is 1. The summed E-state index contributed by atoms with van der Waals surface area (Å²) in [6.45, 7) is -0.366. The molecule has 3 aromatic carbocycles. The van der Waals surface area contributed by atoms with E-state index in [-0.39, 0.29) is 29.4 Å². The number of hydrogen-bond acceptors (Lipinski definition) is 9. The lowest BCUT2D eigenvalue weighted by Crippen LogP contribution is -2.24. The van der Waals surface area contributed by atoms with Gasteiger partial charge in [0.2, 0.25) is 0 Å². The SMILES string of the molecule is COc1ccc(C(=O)Oc2ccc(Br)cc2/C=N/NC(=O)COc2ccc([N+](=O)[O-])cc2)cc1OC. The smallest absolute Gasteiger partial charge is 0.343 e. The zero-order chi connectivity index (χ0) is 26.1. The van der Waals surface area contributed by atoms with E-state index >= 15 is 0 Å². The van der Waals surface area contributed by atoms with Crippen molar-refractivity contribution in [2.24, 2.45) is 5.10 Å². The molecular formula is C24H20BrN3O8. The number of carbonyl (C=O) groups excluding carboxylic acids is 2. The van der Waals surface area contributed by atoms with Crippen LogP contribution < -0.4 is 24.4 Å². The molecule has 1 amide bonds. The zero-order valence-electron chi connectivity index (χ0n) is 19.1. The van der Waals surface area contributed by atoms with E-state index in [1.807, 2.05) is 0 Å². The van der Waals surface area contributed by atoms with Crippen molar-refractivity contribution in [2.45, 2.75) is 0 Å². The van der Waals surface area contributed by atoms with Gasteiger partial charge in [0.1, 0.15) is 11.5 Å². The normalized spacial score (nSPS) is 10.5. The molecule has 11 nitrogen and oxygen atoms in total. The molecule has 0 saturated carbocycles.